The molecule has 6 heterocycles. The number of amides is 3. The Bertz CT molecular complexity index is 1840. The van der Waals surface area contributed by atoms with Gasteiger partial charge >= 0.3 is 17.9 Å². The number of ketones is 1. The van der Waals surface area contributed by atoms with E-state index in [2.05, 4.69) is 27.7 Å². The van der Waals surface area contributed by atoms with Gasteiger partial charge in [-0.1, -0.05) is 24.4 Å². The molecule has 4 N–H and O–H groups in total. The third-order valence-electron chi connectivity index (χ3n) is 8.22. The maximum absolute atomic E-state index is 12.4. The summed E-state index contributed by atoms with van der Waals surface area (Å²) in [5, 5.41) is 21.0. The Morgan fingerprint density at radius 1 is 1.22 bits per heavy atom. The lowest BCUT2D eigenvalue weighted by Crippen LogP contribution is -2.62. The van der Waals surface area contributed by atoms with Crippen molar-refractivity contribution in [3.63, 3.8) is 0 Å². The summed E-state index contributed by atoms with van der Waals surface area (Å²) in [6, 6.07) is 0.00268. The Labute approximate surface area is 285 Å². The average Bonchev–Trinajstić information content (AvgIpc) is 3.87. The highest BCUT2D eigenvalue weighted by molar-refractivity contribution is 8.00. The Hall–Kier alpha value is -5.24. The molecule has 0 saturated carbocycles. The summed E-state index contributed by atoms with van der Waals surface area (Å²) < 4.78 is 18.4. The molecule has 0 bridgehead atoms. The number of fused-ring (bicyclic) bond motifs is 1. The third kappa shape index (κ3) is 7.14. The summed E-state index contributed by atoms with van der Waals surface area (Å²) in [7, 11) is 0. The summed E-state index contributed by atoms with van der Waals surface area (Å²) in [5.41, 5.74) is 6.04. The summed E-state index contributed by atoms with van der Waals surface area (Å²) in [4.78, 5) is 79.6. The van der Waals surface area contributed by atoms with E-state index in [9.17, 15) is 33.9 Å². The Balaban J connectivity index is 0.000000192. The van der Waals surface area contributed by atoms with Crippen LogP contribution in [-0.2, 0) is 30.5 Å². The highest BCUT2D eigenvalue weighted by Gasteiger charge is 2.54. The number of aliphatic carboxylic acids is 1. The Morgan fingerprint density at radius 3 is 2.55 bits per heavy atom. The smallest absolute Gasteiger partial charge is 0.477 e. The second-order valence-corrected chi connectivity index (χ2v) is 13.0. The molecule has 0 radical (unpaired) electrons. The molecule has 6 rings (SSSR count). The van der Waals surface area contributed by atoms with E-state index in [1.165, 1.54) is 22.7 Å². The minimum Gasteiger partial charge on any atom is -0.477 e. The van der Waals surface area contributed by atoms with Crippen LogP contribution in [0.25, 0.3) is 0 Å². The quantitative estimate of drug-likeness (QED) is 0.109. The number of likely N-dealkylation sites (tertiary alicyclic amines) is 2. The number of hydrogen-bond acceptors (Lipinski definition) is 16. The van der Waals surface area contributed by atoms with Crippen LogP contribution in [0.2, 0.25) is 0 Å². The predicted molar refractivity (Wildman–Crippen MR) is 171 cm³/mol. The number of aryl methyl sites for hydroxylation is 1. The normalized spacial score (nSPS) is 22.1. The molecule has 0 aromatic carbocycles. The van der Waals surface area contributed by atoms with Gasteiger partial charge in [-0.2, -0.15) is 9.36 Å². The van der Waals surface area contributed by atoms with Crippen LogP contribution in [0.5, 0.6) is 0 Å². The van der Waals surface area contributed by atoms with Crippen molar-refractivity contribution < 1.29 is 47.9 Å². The zero-order valence-corrected chi connectivity index (χ0v) is 27.7. The second-order valence-electron chi connectivity index (χ2n) is 11.2. The van der Waals surface area contributed by atoms with E-state index in [1.807, 2.05) is 0 Å². The van der Waals surface area contributed by atoms with E-state index in [1.54, 1.807) is 16.7 Å². The molecule has 4 aliphatic rings. The molecular weight excluding hydrogens is 686 g/mol. The minimum atomic E-state index is -1.22. The summed E-state index contributed by atoms with van der Waals surface area (Å²) in [6.45, 7) is 10.3. The highest BCUT2D eigenvalue weighted by atomic mass is 32.2. The minimum absolute atomic E-state index is 0.00268. The maximum Gasteiger partial charge on any atom is 0.519 e. The molecule has 49 heavy (non-hydrogen) atoms. The number of β-lactam (4-membered cyclic amide) rings is 1. The maximum atomic E-state index is 12.4. The first-order chi connectivity index (χ1) is 23.3. The molecule has 260 valence electrons. The number of nitrogens with zero attached hydrogens (tertiary/aromatic N) is 6. The van der Waals surface area contributed by atoms with E-state index >= 15 is 0 Å². The number of nitrogen functional groups attached to an aromatic ring is 1. The number of aromatic nitrogens is 2. The monoisotopic (exact) mass is 717 g/mol. The van der Waals surface area contributed by atoms with Crippen molar-refractivity contribution in [1.29, 1.82) is 0 Å². The fourth-order valence-electron chi connectivity index (χ4n) is 5.69. The van der Waals surface area contributed by atoms with Gasteiger partial charge in [0.05, 0.1) is 17.3 Å². The van der Waals surface area contributed by atoms with Crippen molar-refractivity contribution in [2.75, 3.05) is 31.1 Å². The van der Waals surface area contributed by atoms with Gasteiger partial charge in [-0.15, -0.1) is 11.8 Å². The fraction of sp³-hybridized carbons (Fsp3) is 0.414. The number of carbonyl (C=O) groups excluding carboxylic acids is 4. The highest BCUT2D eigenvalue weighted by Crippen LogP contribution is 2.45. The number of rotatable bonds is 9. The SMILES string of the molecule is C=C1CCN([C@@H]2CCN(C(=O)OCc3oc(=O)oc3C)C2)C1=O.C=CC1=C(C(=O)O)N2C(=O)[C@@H](CC(=O)/C(=N\O)c3nsc(N)n3)[C@H]2SC1. The van der Waals surface area contributed by atoms with Crippen LogP contribution in [0, 0.1) is 12.8 Å². The number of allylic oxidation sites excluding steroid dienone is 1. The van der Waals surface area contributed by atoms with Crippen LogP contribution in [-0.4, -0.2) is 107 Å². The number of carboxylic acids is 1. The average molecular weight is 718 g/mol. The molecule has 3 fully saturated rings. The standard InChI is InChI=1S/C15H18N2O6.C14H13N5O5S2/c1-9-3-6-17(13(9)18)11-4-5-16(7-11)14(19)21-8-12-10(2)22-15(20)23-12;1-2-5-4-25-12-6(11(21)19(12)9(5)13(22)23)3-7(20)8(17-24)10-16-14(15)26-18-10/h11H,1,3-8H2,2H3;2,6,12,24H,1,3-4H2,(H,22,23)(H2,15,16,18)/b;17-8+/t11-;6-,12-/m11/s1. The predicted octanol–water partition coefficient (Wildman–Crippen LogP) is 1.35. The molecule has 0 aliphatic carbocycles. The van der Waals surface area contributed by atoms with Crippen LogP contribution in [0.3, 0.4) is 0 Å². The van der Waals surface area contributed by atoms with Crippen LogP contribution >= 0.6 is 23.3 Å². The fourth-order valence-corrected chi connectivity index (χ4v) is 7.53. The molecular formula is C29H31N7O11S2. The van der Waals surface area contributed by atoms with Crippen molar-refractivity contribution in [3.05, 3.63) is 64.0 Å². The Kier molecular flexibility index (Phi) is 10.4. The van der Waals surface area contributed by atoms with Crippen LogP contribution in [0.1, 0.15) is 36.6 Å². The van der Waals surface area contributed by atoms with Crippen molar-refractivity contribution in [2.24, 2.45) is 11.1 Å². The summed E-state index contributed by atoms with van der Waals surface area (Å²) >= 11 is 2.19. The van der Waals surface area contributed by atoms with Crippen molar-refractivity contribution >= 4 is 63.8 Å². The summed E-state index contributed by atoms with van der Waals surface area (Å²) in [6.07, 6.45) is 2.06. The number of hydrogen-bond donors (Lipinski definition) is 3. The van der Waals surface area contributed by atoms with Gasteiger partial charge in [0, 0.05) is 48.9 Å². The number of Topliss-reactive ketones (excluding diaryl/α,β-unsaturated/α-hetero) is 1. The van der Waals surface area contributed by atoms with Crippen LogP contribution < -0.4 is 11.6 Å². The van der Waals surface area contributed by atoms with Crippen LogP contribution in [0.4, 0.5) is 9.93 Å². The first-order valence-electron chi connectivity index (χ1n) is 14.7. The zero-order chi connectivity index (χ0) is 35.6. The first-order valence-corrected chi connectivity index (χ1v) is 16.5. The summed E-state index contributed by atoms with van der Waals surface area (Å²) in [5.74, 6) is -3.13. The Morgan fingerprint density at radius 2 is 1.98 bits per heavy atom. The van der Waals surface area contributed by atoms with Gasteiger partial charge in [-0.05, 0) is 25.3 Å². The molecule has 18 nitrogen and oxygen atoms in total. The molecule has 3 atom stereocenters. The number of thioether (sulfide) groups is 1. The lowest BCUT2D eigenvalue weighted by molar-refractivity contribution is -0.153. The lowest BCUT2D eigenvalue weighted by Gasteiger charge is -2.49. The van der Waals surface area contributed by atoms with E-state index in [4.69, 9.17) is 24.5 Å². The van der Waals surface area contributed by atoms with Gasteiger partial charge in [0.25, 0.3) is 0 Å². The largest absolute Gasteiger partial charge is 0.519 e. The zero-order valence-electron chi connectivity index (χ0n) is 26.0. The van der Waals surface area contributed by atoms with E-state index in [0.29, 0.717) is 55.1 Å². The molecule has 2 aromatic heterocycles. The van der Waals surface area contributed by atoms with Gasteiger partial charge < -0.3 is 39.4 Å². The number of ether oxygens (including phenoxy) is 1. The molecule has 3 amide bonds. The van der Waals surface area contributed by atoms with Crippen molar-refractivity contribution in [1.82, 2.24) is 24.1 Å². The van der Waals surface area contributed by atoms with Gasteiger partial charge in [-0.25, -0.2) is 14.4 Å². The number of anilines is 1. The lowest BCUT2D eigenvalue weighted by atomic mass is 9.89. The van der Waals surface area contributed by atoms with E-state index in [0.717, 1.165) is 11.5 Å². The van der Waals surface area contributed by atoms with E-state index < -0.39 is 40.9 Å². The van der Waals surface area contributed by atoms with Gasteiger partial charge in [-0.3, -0.25) is 19.3 Å². The molecule has 0 spiro atoms. The number of nitrogens with two attached hydrogens (primary N) is 1. The van der Waals surface area contributed by atoms with Gasteiger partial charge in [0.1, 0.15) is 5.70 Å². The molecule has 0 unspecified atom stereocenters. The second kappa shape index (κ2) is 14.5. The van der Waals surface area contributed by atoms with Crippen LogP contribution in [0.15, 0.2) is 54.9 Å². The van der Waals surface area contributed by atoms with Gasteiger partial charge in [0.2, 0.25) is 17.6 Å². The van der Waals surface area contributed by atoms with Gasteiger partial charge in [0.15, 0.2) is 34.8 Å². The topological polar surface area (TPSA) is 252 Å². The number of carbonyl (C=O) groups is 5. The molecule has 3 saturated heterocycles. The first kappa shape index (κ1) is 35.1. The third-order valence-corrected chi connectivity index (χ3v) is 10.1. The number of oxime groups is 1. The van der Waals surface area contributed by atoms with E-state index in [-0.39, 0.29) is 53.1 Å². The number of carboxylic acid groups (broad SMARTS) is 1. The van der Waals surface area contributed by atoms with Crippen molar-refractivity contribution in [3.8, 4) is 0 Å². The van der Waals surface area contributed by atoms with Crippen molar-refractivity contribution in [2.45, 2.75) is 44.2 Å². The molecule has 4 aliphatic heterocycles. The molecule has 2 aromatic rings. The molecule has 20 heteroatoms.